The van der Waals surface area contributed by atoms with Crippen LogP contribution in [0.3, 0.4) is 0 Å². The summed E-state index contributed by atoms with van der Waals surface area (Å²) in [6, 6.07) is 14.6. The molecule has 27 heavy (non-hydrogen) atoms. The maximum absolute atomic E-state index is 7.52. The Balaban J connectivity index is 2.23. The Morgan fingerprint density at radius 1 is 1.22 bits per heavy atom. The Labute approximate surface area is 163 Å². The molecule has 0 aromatic heterocycles. The Kier molecular flexibility index (Phi) is 6.86. The minimum Gasteiger partial charge on any atom is -0.491 e. The van der Waals surface area contributed by atoms with E-state index in [2.05, 4.69) is 51.1 Å². The number of benzene rings is 2. The van der Waals surface area contributed by atoms with Gasteiger partial charge < -0.3 is 20.7 Å². The second kappa shape index (κ2) is 8.91. The topological polar surface area (TPSA) is 74.4 Å². The lowest BCUT2D eigenvalue weighted by Crippen LogP contribution is -2.33. The number of aryl methyl sites for hydroxylation is 1. The fourth-order valence-corrected chi connectivity index (χ4v) is 3.11. The normalized spacial score (nSPS) is 11.5. The van der Waals surface area contributed by atoms with Gasteiger partial charge >= 0.3 is 0 Å². The second-order valence-electron chi connectivity index (χ2n) is 7.88. The molecule has 0 spiro atoms. The average Bonchev–Trinajstić information content (AvgIpc) is 2.60. The third-order valence-corrected chi connectivity index (χ3v) is 4.25. The number of amidine groups is 1. The predicted molar refractivity (Wildman–Crippen MR) is 113 cm³/mol. The van der Waals surface area contributed by atoms with E-state index in [0.29, 0.717) is 12.2 Å². The Morgan fingerprint density at radius 3 is 2.44 bits per heavy atom. The molecule has 0 unspecified atom stereocenters. The van der Waals surface area contributed by atoms with Gasteiger partial charge in [0, 0.05) is 23.2 Å². The first-order valence-electron chi connectivity index (χ1n) is 9.24. The smallest absolute Gasteiger partial charge is 0.143 e. The van der Waals surface area contributed by atoms with Crippen molar-refractivity contribution in [2.45, 2.75) is 27.2 Å². The lowest BCUT2D eigenvalue weighted by Gasteiger charge is -2.29. The number of hydrogen-bond acceptors (Lipinski definition) is 4. The second-order valence-corrected chi connectivity index (χ2v) is 7.88. The van der Waals surface area contributed by atoms with Gasteiger partial charge in [0.25, 0.3) is 0 Å². The van der Waals surface area contributed by atoms with Gasteiger partial charge in [0.05, 0.1) is 12.3 Å². The van der Waals surface area contributed by atoms with Crippen LogP contribution < -0.4 is 15.8 Å². The van der Waals surface area contributed by atoms with Gasteiger partial charge in [0.15, 0.2) is 0 Å². The molecule has 2 rings (SSSR count). The summed E-state index contributed by atoms with van der Waals surface area (Å²) in [6.45, 7) is 8.08. The minimum absolute atomic E-state index is 0.0339. The summed E-state index contributed by atoms with van der Waals surface area (Å²) in [7, 11) is 4.15. The standard InChI is InChI=1S/C22H31N4O/c1-6-16-8-7-9-19(27-15-22(2,3)14-26(4)5)20(16)25-18-12-10-17(11-13-18)21(23)24/h8-13,25H,6,14-15H2,1-5H3,(H3,23,24). The largest absolute Gasteiger partial charge is 0.491 e. The van der Waals surface area contributed by atoms with Gasteiger partial charge in [-0.2, -0.15) is 0 Å². The maximum Gasteiger partial charge on any atom is 0.143 e. The molecule has 0 atom stereocenters. The highest BCUT2D eigenvalue weighted by molar-refractivity contribution is 5.95. The van der Waals surface area contributed by atoms with E-state index in [1.54, 1.807) is 0 Å². The number of nitrogens with one attached hydrogen (secondary N) is 2. The molecule has 2 aromatic carbocycles. The monoisotopic (exact) mass is 367 g/mol. The molecule has 0 aliphatic heterocycles. The molecule has 2 aromatic rings. The van der Waals surface area contributed by atoms with E-state index >= 15 is 0 Å². The minimum atomic E-state index is 0.0339. The molecule has 5 heteroatoms. The summed E-state index contributed by atoms with van der Waals surface area (Å²) in [6.07, 6.45) is 0.878. The third-order valence-electron chi connectivity index (χ3n) is 4.25. The first kappa shape index (κ1) is 20.8. The quantitative estimate of drug-likeness (QED) is 0.462. The van der Waals surface area contributed by atoms with Crippen LogP contribution in [0.5, 0.6) is 5.75 Å². The number of nitrogens with zero attached hydrogens (tertiary/aromatic N) is 1. The fourth-order valence-electron chi connectivity index (χ4n) is 3.11. The Morgan fingerprint density at radius 2 is 1.89 bits per heavy atom. The third kappa shape index (κ3) is 6.00. The fraction of sp³-hybridized carbons (Fsp3) is 0.409. The zero-order valence-electron chi connectivity index (χ0n) is 17.0. The average molecular weight is 368 g/mol. The first-order valence-corrected chi connectivity index (χ1v) is 9.24. The molecular weight excluding hydrogens is 336 g/mol. The molecule has 4 N–H and O–H groups in total. The molecule has 0 heterocycles. The van der Waals surface area contributed by atoms with Crippen molar-refractivity contribution in [3.63, 3.8) is 0 Å². The van der Waals surface area contributed by atoms with Crippen LogP contribution >= 0.6 is 0 Å². The molecule has 1 radical (unpaired) electrons. The molecule has 0 bridgehead atoms. The summed E-state index contributed by atoms with van der Waals surface area (Å²) in [4.78, 5) is 2.17. The maximum atomic E-state index is 7.52. The van der Waals surface area contributed by atoms with Gasteiger partial charge in [-0.3, -0.25) is 5.41 Å². The number of rotatable bonds is 9. The van der Waals surface area contributed by atoms with Crippen LogP contribution in [0, 0.1) is 16.9 Å². The van der Waals surface area contributed by atoms with Crippen LogP contribution in [0.2, 0.25) is 0 Å². The van der Waals surface area contributed by atoms with Crippen molar-refractivity contribution in [2.75, 3.05) is 32.6 Å². The van der Waals surface area contributed by atoms with Crippen molar-refractivity contribution in [3.8, 4) is 5.75 Å². The highest BCUT2D eigenvalue weighted by Gasteiger charge is 2.21. The molecule has 0 aliphatic carbocycles. The van der Waals surface area contributed by atoms with E-state index in [9.17, 15) is 0 Å². The van der Waals surface area contributed by atoms with Crippen LogP contribution in [0.25, 0.3) is 0 Å². The lowest BCUT2D eigenvalue weighted by molar-refractivity contribution is 0.142. The van der Waals surface area contributed by atoms with Gasteiger partial charge in [-0.05, 0) is 68.5 Å². The highest BCUT2D eigenvalue weighted by Crippen LogP contribution is 2.33. The van der Waals surface area contributed by atoms with E-state index in [0.717, 1.165) is 35.7 Å². The SMILES string of the molecule is CCc1c[c]cc(OCC(C)(C)CN(C)C)c1Nc1ccc(C(=N)N)cc1. The van der Waals surface area contributed by atoms with Crippen LogP contribution in [-0.4, -0.2) is 38.0 Å². The summed E-state index contributed by atoms with van der Waals surface area (Å²) in [5.41, 5.74) is 9.32. The number of nitrogen functional groups attached to an aromatic ring is 1. The molecule has 0 saturated carbocycles. The molecule has 0 saturated heterocycles. The zero-order chi connectivity index (χ0) is 20.0. The van der Waals surface area contributed by atoms with Gasteiger partial charge in [0.1, 0.15) is 11.6 Å². The number of anilines is 2. The van der Waals surface area contributed by atoms with Crippen molar-refractivity contribution in [1.29, 1.82) is 5.41 Å². The number of ether oxygens (including phenoxy) is 1. The van der Waals surface area contributed by atoms with Gasteiger partial charge in [-0.25, -0.2) is 0 Å². The molecule has 0 amide bonds. The lowest BCUT2D eigenvalue weighted by atomic mass is 9.94. The van der Waals surface area contributed by atoms with E-state index in [-0.39, 0.29) is 11.3 Å². The van der Waals surface area contributed by atoms with Gasteiger partial charge in [-0.1, -0.05) is 20.8 Å². The number of nitrogens with two attached hydrogens (primary N) is 1. The summed E-state index contributed by atoms with van der Waals surface area (Å²) < 4.78 is 6.20. The van der Waals surface area contributed by atoms with Crippen molar-refractivity contribution < 1.29 is 4.74 Å². The van der Waals surface area contributed by atoms with E-state index < -0.39 is 0 Å². The molecular formula is C22H31N4O. The van der Waals surface area contributed by atoms with Gasteiger partial charge in [0.2, 0.25) is 0 Å². The van der Waals surface area contributed by atoms with Crippen LogP contribution in [0.15, 0.2) is 36.4 Å². The molecule has 0 aliphatic rings. The predicted octanol–water partition coefficient (Wildman–Crippen LogP) is 4.04. The summed E-state index contributed by atoms with van der Waals surface area (Å²) in [5, 5.41) is 11.0. The summed E-state index contributed by atoms with van der Waals surface area (Å²) >= 11 is 0. The number of hydrogen-bond donors (Lipinski definition) is 3. The van der Waals surface area contributed by atoms with Gasteiger partial charge in [-0.15, -0.1) is 0 Å². The van der Waals surface area contributed by atoms with Crippen molar-refractivity contribution in [3.05, 3.63) is 53.6 Å². The molecule has 5 nitrogen and oxygen atoms in total. The Hall–Kier alpha value is -2.53. The highest BCUT2D eigenvalue weighted by atomic mass is 16.5. The first-order chi connectivity index (χ1) is 12.7. The van der Waals surface area contributed by atoms with Crippen LogP contribution in [0.1, 0.15) is 31.9 Å². The van der Waals surface area contributed by atoms with Crippen molar-refractivity contribution in [2.24, 2.45) is 11.1 Å². The van der Waals surface area contributed by atoms with Crippen molar-refractivity contribution in [1.82, 2.24) is 4.90 Å². The summed E-state index contributed by atoms with van der Waals surface area (Å²) in [5.74, 6) is 0.870. The van der Waals surface area contributed by atoms with Crippen molar-refractivity contribution >= 4 is 17.2 Å². The molecule has 0 fully saturated rings. The van der Waals surface area contributed by atoms with Crippen LogP contribution in [-0.2, 0) is 6.42 Å². The van der Waals surface area contributed by atoms with Crippen LogP contribution in [0.4, 0.5) is 11.4 Å². The zero-order valence-corrected chi connectivity index (χ0v) is 17.0. The van der Waals surface area contributed by atoms with E-state index in [1.165, 1.54) is 0 Å². The van der Waals surface area contributed by atoms with E-state index in [1.807, 2.05) is 36.4 Å². The van der Waals surface area contributed by atoms with E-state index in [4.69, 9.17) is 15.9 Å². The molecule has 145 valence electrons. The Bertz CT molecular complexity index is 766.